The van der Waals surface area contributed by atoms with Crippen LogP contribution >= 0.6 is 0 Å². The Labute approximate surface area is 151 Å². The average Bonchev–Trinajstić information content (AvgIpc) is 2.80. The minimum absolute atomic E-state index is 0.0514. The molecule has 0 spiro atoms. The molecule has 2 heterocycles. The molecular formula is C19H32N4O2. The van der Waals surface area contributed by atoms with Crippen molar-refractivity contribution in [2.75, 3.05) is 26.2 Å². The van der Waals surface area contributed by atoms with E-state index in [4.69, 9.17) is 10.5 Å². The number of aromatic nitrogens is 1. The molecule has 0 saturated carbocycles. The van der Waals surface area contributed by atoms with Crippen molar-refractivity contribution in [2.45, 2.75) is 58.2 Å². The van der Waals surface area contributed by atoms with E-state index in [1.54, 1.807) is 0 Å². The third-order valence-electron chi connectivity index (χ3n) is 4.50. The molecule has 0 bridgehead atoms. The second-order valence-corrected chi connectivity index (χ2v) is 7.65. The molecule has 140 valence electrons. The van der Waals surface area contributed by atoms with Gasteiger partial charge in [-0.2, -0.15) is 0 Å². The third kappa shape index (κ3) is 5.68. The van der Waals surface area contributed by atoms with Gasteiger partial charge in [-0.05, 0) is 51.3 Å². The number of hydrogen-bond donors (Lipinski definition) is 1. The summed E-state index contributed by atoms with van der Waals surface area (Å²) in [6, 6.07) is 4.27. The van der Waals surface area contributed by atoms with Crippen molar-refractivity contribution in [3.05, 3.63) is 30.1 Å². The van der Waals surface area contributed by atoms with Crippen LogP contribution in [0.25, 0.3) is 0 Å². The van der Waals surface area contributed by atoms with Crippen molar-refractivity contribution in [3.8, 4) is 0 Å². The van der Waals surface area contributed by atoms with Gasteiger partial charge >= 0.3 is 6.09 Å². The molecule has 1 aromatic heterocycles. The van der Waals surface area contributed by atoms with E-state index in [-0.39, 0.29) is 18.2 Å². The summed E-state index contributed by atoms with van der Waals surface area (Å²) in [5, 5.41) is 0. The number of pyridine rings is 1. The number of carbonyl (C=O) groups excluding carboxylic acids is 1. The highest BCUT2D eigenvalue weighted by atomic mass is 16.6. The van der Waals surface area contributed by atoms with Gasteiger partial charge in [0.25, 0.3) is 0 Å². The Morgan fingerprint density at radius 1 is 1.24 bits per heavy atom. The first-order chi connectivity index (χ1) is 11.8. The topological polar surface area (TPSA) is 71.7 Å². The SMILES string of the molecule is CCC(N)C(c1ccncc1)N1CCCN(C(=O)OC(C)(C)C)CC1. The Bertz CT molecular complexity index is 544. The van der Waals surface area contributed by atoms with E-state index in [0.717, 1.165) is 32.5 Å². The van der Waals surface area contributed by atoms with E-state index in [1.165, 1.54) is 5.56 Å². The highest BCUT2D eigenvalue weighted by Gasteiger charge is 2.30. The predicted molar refractivity (Wildman–Crippen MR) is 99.2 cm³/mol. The number of rotatable bonds is 4. The van der Waals surface area contributed by atoms with Crippen LogP contribution in [0.4, 0.5) is 4.79 Å². The van der Waals surface area contributed by atoms with Crippen LogP contribution in [0.5, 0.6) is 0 Å². The van der Waals surface area contributed by atoms with E-state index in [2.05, 4.69) is 16.8 Å². The predicted octanol–water partition coefficient (Wildman–Crippen LogP) is 2.80. The molecule has 2 unspecified atom stereocenters. The lowest BCUT2D eigenvalue weighted by atomic mass is 9.97. The van der Waals surface area contributed by atoms with Crippen molar-refractivity contribution < 1.29 is 9.53 Å². The first kappa shape index (κ1) is 19.7. The second-order valence-electron chi connectivity index (χ2n) is 7.65. The quantitative estimate of drug-likeness (QED) is 0.906. The van der Waals surface area contributed by atoms with E-state index >= 15 is 0 Å². The lowest BCUT2D eigenvalue weighted by Crippen LogP contribution is -2.43. The Kier molecular flexibility index (Phi) is 6.79. The summed E-state index contributed by atoms with van der Waals surface area (Å²) in [6.07, 6.45) is 5.22. The maximum absolute atomic E-state index is 12.4. The summed E-state index contributed by atoms with van der Waals surface area (Å²) in [5.41, 5.74) is 7.17. The average molecular weight is 348 g/mol. The fourth-order valence-electron chi connectivity index (χ4n) is 3.24. The zero-order valence-electron chi connectivity index (χ0n) is 15.9. The van der Waals surface area contributed by atoms with Crippen LogP contribution in [0, 0.1) is 0 Å². The molecule has 2 atom stereocenters. The van der Waals surface area contributed by atoms with E-state index in [1.807, 2.05) is 50.2 Å². The van der Waals surface area contributed by atoms with Crippen molar-refractivity contribution in [3.63, 3.8) is 0 Å². The van der Waals surface area contributed by atoms with Gasteiger partial charge in [0.15, 0.2) is 0 Å². The molecule has 0 aromatic carbocycles. The standard InChI is InChI=1S/C19H32N4O2/c1-5-16(20)17(15-7-9-21-10-8-15)22-11-6-12-23(14-13-22)18(24)25-19(2,3)4/h7-10,16-17H,5-6,11-14,20H2,1-4H3. The molecule has 1 aliphatic rings. The molecule has 1 amide bonds. The van der Waals surface area contributed by atoms with Crippen LogP contribution in [0.3, 0.4) is 0 Å². The monoisotopic (exact) mass is 348 g/mol. The van der Waals surface area contributed by atoms with Crippen molar-refractivity contribution in [2.24, 2.45) is 5.73 Å². The lowest BCUT2D eigenvalue weighted by molar-refractivity contribution is 0.0254. The molecule has 2 rings (SSSR count). The largest absolute Gasteiger partial charge is 0.444 e. The van der Waals surface area contributed by atoms with Gasteiger partial charge in [-0.3, -0.25) is 9.88 Å². The molecular weight excluding hydrogens is 316 g/mol. The highest BCUT2D eigenvalue weighted by Crippen LogP contribution is 2.26. The minimum Gasteiger partial charge on any atom is -0.444 e. The van der Waals surface area contributed by atoms with Crippen LogP contribution < -0.4 is 5.73 Å². The Morgan fingerprint density at radius 2 is 1.92 bits per heavy atom. The highest BCUT2D eigenvalue weighted by molar-refractivity contribution is 5.68. The molecule has 1 saturated heterocycles. The van der Waals surface area contributed by atoms with E-state index in [0.29, 0.717) is 6.54 Å². The zero-order valence-corrected chi connectivity index (χ0v) is 15.9. The van der Waals surface area contributed by atoms with Gasteiger partial charge < -0.3 is 15.4 Å². The summed E-state index contributed by atoms with van der Waals surface area (Å²) in [4.78, 5) is 20.7. The first-order valence-electron chi connectivity index (χ1n) is 9.19. The van der Waals surface area contributed by atoms with Crippen LogP contribution in [0.15, 0.2) is 24.5 Å². The zero-order chi connectivity index (χ0) is 18.4. The lowest BCUT2D eigenvalue weighted by Gasteiger charge is -2.35. The molecule has 6 nitrogen and oxygen atoms in total. The Balaban J connectivity index is 2.08. The van der Waals surface area contributed by atoms with Crippen molar-refractivity contribution in [1.29, 1.82) is 0 Å². The molecule has 0 aliphatic carbocycles. The Morgan fingerprint density at radius 3 is 2.52 bits per heavy atom. The molecule has 1 aromatic rings. The minimum atomic E-state index is -0.465. The van der Waals surface area contributed by atoms with Crippen molar-refractivity contribution in [1.82, 2.24) is 14.8 Å². The van der Waals surface area contributed by atoms with E-state index < -0.39 is 5.60 Å². The van der Waals surface area contributed by atoms with Crippen LogP contribution in [0.2, 0.25) is 0 Å². The maximum Gasteiger partial charge on any atom is 0.410 e. The molecule has 0 radical (unpaired) electrons. The summed E-state index contributed by atoms with van der Waals surface area (Å²) < 4.78 is 5.52. The summed E-state index contributed by atoms with van der Waals surface area (Å²) in [5.74, 6) is 0. The van der Waals surface area contributed by atoms with Gasteiger partial charge in [0.2, 0.25) is 0 Å². The molecule has 25 heavy (non-hydrogen) atoms. The van der Waals surface area contributed by atoms with Crippen LogP contribution in [-0.2, 0) is 4.74 Å². The van der Waals surface area contributed by atoms with Crippen LogP contribution in [-0.4, -0.2) is 58.7 Å². The number of carbonyl (C=O) groups is 1. The second kappa shape index (κ2) is 8.63. The number of hydrogen-bond acceptors (Lipinski definition) is 5. The molecule has 6 heteroatoms. The van der Waals surface area contributed by atoms with Gasteiger partial charge in [0.1, 0.15) is 5.60 Å². The smallest absolute Gasteiger partial charge is 0.410 e. The van der Waals surface area contributed by atoms with Gasteiger partial charge in [-0.15, -0.1) is 0 Å². The molecule has 1 aliphatic heterocycles. The van der Waals surface area contributed by atoms with Gasteiger partial charge in [0, 0.05) is 44.6 Å². The fourth-order valence-corrected chi connectivity index (χ4v) is 3.24. The number of nitrogens with two attached hydrogens (primary N) is 1. The number of nitrogens with zero attached hydrogens (tertiary/aromatic N) is 3. The number of amides is 1. The van der Waals surface area contributed by atoms with Gasteiger partial charge in [0.05, 0.1) is 6.04 Å². The number of ether oxygens (including phenoxy) is 1. The summed E-state index contributed by atoms with van der Waals surface area (Å²) in [6.45, 7) is 10.9. The Hall–Kier alpha value is -1.66. The first-order valence-corrected chi connectivity index (χ1v) is 9.19. The van der Waals surface area contributed by atoms with Crippen molar-refractivity contribution >= 4 is 6.09 Å². The molecule has 1 fully saturated rings. The maximum atomic E-state index is 12.4. The van der Waals surface area contributed by atoms with Gasteiger partial charge in [-0.25, -0.2) is 4.79 Å². The van der Waals surface area contributed by atoms with Gasteiger partial charge in [-0.1, -0.05) is 6.92 Å². The fraction of sp³-hybridized carbons (Fsp3) is 0.684. The summed E-state index contributed by atoms with van der Waals surface area (Å²) in [7, 11) is 0. The normalized spacial score (nSPS) is 19.2. The van der Waals surface area contributed by atoms with Crippen LogP contribution in [0.1, 0.15) is 52.1 Å². The molecule has 2 N–H and O–H groups in total. The summed E-state index contributed by atoms with van der Waals surface area (Å²) >= 11 is 0. The van der Waals surface area contributed by atoms with E-state index in [9.17, 15) is 4.79 Å². The third-order valence-corrected chi connectivity index (χ3v) is 4.50.